The summed E-state index contributed by atoms with van der Waals surface area (Å²) >= 11 is 0. The first-order chi connectivity index (χ1) is 6.15. The summed E-state index contributed by atoms with van der Waals surface area (Å²) < 4.78 is 24.3. The van der Waals surface area contributed by atoms with Crippen molar-refractivity contribution < 1.29 is 8.78 Å². The molecule has 3 nitrogen and oxygen atoms in total. The van der Waals surface area contributed by atoms with Crippen molar-refractivity contribution in [2.45, 2.75) is 0 Å². The van der Waals surface area contributed by atoms with Gasteiger partial charge in [0.2, 0.25) is 0 Å². The van der Waals surface area contributed by atoms with E-state index in [1.807, 2.05) is 14.1 Å². The lowest BCUT2D eigenvalue weighted by molar-refractivity contribution is 0.509. The number of rotatable bonds is 1. The van der Waals surface area contributed by atoms with Crippen molar-refractivity contribution in [3.05, 3.63) is 34.7 Å². The minimum absolute atomic E-state index is 0.112. The van der Waals surface area contributed by atoms with Crippen molar-refractivity contribution in [2.75, 3.05) is 14.1 Å². The van der Waals surface area contributed by atoms with E-state index in [1.165, 1.54) is 0 Å². The summed E-state index contributed by atoms with van der Waals surface area (Å²) in [7, 11) is 3.75. The third kappa shape index (κ3) is 4.27. The monoisotopic (exact) mass is 188 g/mol. The van der Waals surface area contributed by atoms with Crippen molar-refractivity contribution in [2.24, 2.45) is 5.18 Å². The van der Waals surface area contributed by atoms with Gasteiger partial charge in [0.1, 0.15) is 5.69 Å². The second-order valence-electron chi connectivity index (χ2n) is 2.19. The lowest BCUT2D eigenvalue weighted by Gasteiger charge is -1.89. The van der Waals surface area contributed by atoms with Gasteiger partial charge in [-0.25, -0.2) is 8.78 Å². The molecule has 72 valence electrons. The quantitative estimate of drug-likeness (QED) is 0.686. The first kappa shape index (κ1) is 11.6. The average molecular weight is 188 g/mol. The fourth-order valence-electron chi connectivity index (χ4n) is 0.542. The third-order valence-corrected chi connectivity index (χ3v) is 1.01. The van der Waals surface area contributed by atoms with Gasteiger partial charge in [-0.05, 0) is 31.4 Å². The Balaban J connectivity index is 0.000000424. The van der Waals surface area contributed by atoms with E-state index >= 15 is 0 Å². The number of hydrogen-bond acceptors (Lipinski definition) is 3. The molecule has 0 unspecified atom stereocenters. The maximum Gasteiger partial charge on any atom is 0.161 e. The zero-order valence-corrected chi connectivity index (χ0v) is 7.34. The van der Waals surface area contributed by atoms with Crippen LogP contribution < -0.4 is 5.32 Å². The molecule has 0 aromatic heterocycles. The largest absolute Gasteiger partial charge is 0.323 e. The highest BCUT2D eigenvalue weighted by Gasteiger charge is 2.00. The molecule has 1 aromatic rings. The van der Waals surface area contributed by atoms with Gasteiger partial charge in [0, 0.05) is 6.07 Å². The van der Waals surface area contributed by atoms with Crippen molar-refractivity contribution in [1.82, 2.24) is 5.32 Å². The molecule has 5 heteroatoms. The zero-order valence-electron chi connectivity index (χ0n) is 7.34. The minimum Gasteiger partial charge on any atom is -0.323 e. The molecule has 13 heavy (non-hydrogen) atoms. The zero-order chi connectivity index (χ0) is 10.3. The van der Waals surface area contributed by atoms with Crippen LogP contribution >= 0.6 is 0 Å². The number of nitroso groups, excluding NO2 is 1. The average Bonchev–Trinajstić information content (AvgIpc) is 2.11. The molecule has 0 radical (unpaired) electrons. The Bertz CT molecular complexity index is 279. The fourth-order valence-corrected chi connectivity index (χ4v) is 0.542. The van der Waals surface area contributed by atoms with Gasteiger partial charge in [0.25, 0.3) is 0 Å². The normalized spacial score (nSPS) is 8.62. The highest BCUT2D eigenvalue weighted by Crippen LogP contribution is 2.14. The molecule has 0 saturated heterocycles. The summed E-state index contributed by atoms with van der Waals surface area (Å²) in [6.07, 6.45) is 0. The molecule has 0 amide bonds. The molecular formula is C8H10F2N2O. The van der Waals surface area contributed by atoms with E-state index < -0.39 is 11.6 Å². The Morgan fingerprint density at radius 3 is 2.15 bits per heavy atom. The molecule has 1 N–H and O–H groups in total. The number of halogens is 2. The van der Waals surface area contributed by atoms with E-state index in [0.29, 0.717) is 0 Å². The van der Waals surface area contributed by atoms with Gasteiger partial charge in [0.05, 0.1) is 0 Å². The molecule has 0 spiro atoms. The van der Waals surface area contributed by atoms with Crippen LogP contribution in [0.3, 0.4) is 0 Å². The Morgan fingerprint density at radius 2 is 1.77 bits per heavy atom. The van der Waals surface area contributed by atoms with Gasteiger partial charge in [-0.1, -0.05) is 0 Å². The molecule has 0 aliphatic heterocycles. The smallest absolute Gasteiger partial charge is 0.161 e. The van der Waals surface area contributed by atoms with E-state index in [2.05, 4.69) is 10.5 Å². The molecule has 1 aromatic carbocycles. The fraction of sp³-hybridized carbons (Fsp3) is 0.250. The lowest BCUT2D eigenvalue weighted by atomic mass is 10.3. The summed E-state index contributed by atoms with van der Waals surface area (Å²) in [5.41, 5.74) is -0.112. The van der Waals surface area contributed by atoms with E-state index in [4.69, 9.17) is 0 Å². The molecule has 0 fully saturated rings. The van der Waals surface area contributed by atoms with Crippen molar-refractivity contribution >= 4 is 5.69 Å². The highest BCUT2D eigenvalue weighted by atomic mass is 19.2. The predicted octanol–water partition coefficient (Wildman–Crippen LogP) is 2.20. The maximum absolute atomic E-state index is 12.2. The Labute approximate surface area is 74.7 Å². The molecule has 0 heterocycles. The molecule has 0 atom stereocenters. The Morgan fingerprint density at radius 1 is 1.23 bits per heavy atom. The van der Waals surface area contributed by atoms with E-state index in [0.717, 1.165) is 18.2 Å². The second-order valence-corrected chi connectivity index (χ2v) is 2.19. The predicted molar refractivity (Wildman–Crippen MR) is 46.8 cm³/mol. The van der Waals surface area contributed by atoms with Crippen LogP contribution in [0.5, 0.6) is 0 Å². The number of hydrogen-bond donors (Lipinski definition) is 1. The summed E-state index contributed by atoms with van der Waals surface area (Å²) in [6, 6.07) is 2.69. The van der Waals surface area contributed by atoms with Crippen molar-refractivity contribution in [3.8, 4) is 0 Å². The molecular weight excluding hydrogens is 178 g/mol. The van der Waals surface area contributed by atoms with Crippen LogP contribution in [0.1, 0.15) is 0 Å². The van der Waals surface area contributed by atoms with Gasteiger partial charge >= 0.3 is 0 Å². The number of benzene rings is 1. The second kappa shape index (κ2) is 6.19. The Kier molecular flexibility index (Phi) is 5.54. The van der Waals surface area contributed by atoms with Crippen LogP contribution in [0.25, 0.3) is 0 Å². The summed E-state index contributed by atoms with van der Waals surface area (Å²) in [4.78, 5) is 9.73. The Hall–Kier alpha value is -1.36. The van der Waals surface area contributed by atoms with Gasteiger partial charge in [-0.2, -0.15) is 0 Å². The van der Waals surface area contributed by atoms with E-state index in [1.54, 1.807) is 0 Å². The van der Waals surface area contributed by atoms with E-state index in [-0.39, 0.29) is 5.69 Å². The maximum atomic E-state index is 12.2. The summed E-state index contributed by atoms with van der Waals surface area (Å²) in [6.45, 7) is 0. The summed E-state index contributed by atoms with van der Waals surface area (Å²) in [5, 5.41) is 5.17. The SMILES string of the molecule is CNC.O=Nc1ccc(F)c(F)c1. The first-order valence-corrected chi connectivity index (χ1v) is 3.52. The molecule has 0 bridgehead atoms. The molecule has 0 saturated carbocycles. The minimum atomic E-state index is -1.06. The topological polar surface area (TPSA) is 41.5 Å². The van der Waals surface area contributed by atoms with Crippen LogP contribution in [0, 0.1) is 16.5 Å². The van der Waals surface area contributed by atoms with Gasteiger partial charge in [-0.3, -0.25) is 0 Å². The van der Waals surface area contributed by atoms with E-state index in [9.17, 15) is 13.7 Å². The van der Waals surface area contributed by atoms with Crippen LogP contribution in [0.2, 0.25) is 0 Å². The number of nitrogens with zero attached hydrogens (tertiary/aromatic N) is 1. The van der Waals surface area contributed by atoms with Crippen LogP contribution in [0.4, 0.5) is 14.5 Å². The molecule has 0 aliphatic carbocycles. The molecule has 1 rings (SSSR count). The standard InChI is InChI=1S/C6H3F2NO.C2H7N/c7-5-2-1-4(9-10)3-6(5)8;1-3-2/h1-3H;3H,1-2H3. The van der Waals surface area contributed by atoms with Crippen LogP contribution in [0.15, 0.2) is 23.4 Å². The first-order valence-electron chi connectivity index (χ1n) is 3.52. The summed E-state index contributed by atoms with van der Waals surface area (Å²) in [5.74, 6) is -2.04. The van der Waals surface area contributed by atoms with Gasteiger partial charge in [0.15, 0.2) is 11.6 Å². The van der Waals surface area contributed by atoms with Crippen molar-refractivity contribution in [1.29, 1.82) is 0 Å². The van der Waals surface area contributed by atoms with Crippen LogP contribution in [-0.4, -0.2) is 14.1 Å². The lowest BCUT2D eigenvalue weighted by Crippen LogP contribution is -1.89. The highest BCUT2D eigenvalue weighted by molar-refractivity contribution is 5.36. The number of nitrogens with one attached hydrogen (secondary N) is 1. The molecule has 0 aliphatic rings. The van der Waals surface area contributed by atoms with Crippen molar-refractivity contribution in [3.63, 3.8) is 0 Å². The third-order valence-electron chi connectivity index (χ3n) is 1.01. The van der Waals surface area contributed by atoms with Gasteiger partial charge < -0.3 is 5.32 Å². The van der Waals surface area contributed by atoms with Gasteiger partial charge in [-0.15, -0.1) is 4.91 Å². The van der Waals surface area contributed by atoms with Crippen LogP contribution in [-0.2, 0) is 0 Å².